The highest BCUT2D eigenvalue weighted by molar-refractivity contribution is 5.16. The topological polar surface area (TPSA) is 50.9 Å². The first-order valence-electron chi connectivity index (χ1n) is 3.68. The summed E-state index contributed by atoms with van der Waals surface area (Å²) in [6, 6.07) is 3.81. The second kappa shape index (κ2) is 4.50. The highest BCUT2D eigenvalue weighted by Crippen LogP contribution is 2.12. The van der Waals surface area contributed by atoms with Crippen molar-refractivity contribution in [3.63, 3.8) is 0 Å². The Balaban J connectivity index is 2.75. The van der Waals surface area contributed by atoms with E-state index in [-0.39, 0.29) is 6.04 Å². The van der Waals surface area contributed by atoms with E-state index in [1.165, 1.54) is 0 Å². The van der Waals surface area contributed by atoms with E-state index in [0.29, 0.717) is 6.42 Å². The van der Waals surface area contributed by atoms with Gasteiger partial charge in [0.2, 0.25) is 0 Å². The number of hydrogen-bond acceptors (Lipinski definition) is 3. The zero-order chi connectivity index (χ0) is 8.81. The van der Waals surface area contributed by atoms with Crippen LogP contribution in [0, 0.1) is 12.3 Å². The molecule has 0 fully saturated rings. The van der Waals surface area contributed by atoms with Crippen molar-refractivity contribution in [1.29, 1.82) is 0 Å². The van der Waals surface area contributed by atoms with E-state index in [9.17, 15) is 0 Å². The summed E-state index contributed by atoms with van der Waals surface area (Å²) in [7, 11) is 0. The molecular formula is C9H11N3. The largest absolute Gasteiger partial charge is 0.271 e. The smallest absolute Gasteiger partial charge is 0.0570 e. The zero-order valence-corrected chi connectivity index (χ0v) is 6.70. The molecule has 0 saturated carbocycles. The van der Waals surface area contributed by atoms with Crippen LogP contribution in [0.1, 0.15) is 18.0 Å². The predicted molar refractivity (Wildman–Crippen MR) is 47.8 cm³/mol. The fourth-order valence-electron chi connectivity index (χ4n) is 0.987. The van der Waals surface area contributed by atoms with Crippen molar-refractivity contribution in [3.05, 3.63) is 30.1 Å². The van der Waals surface area contributed by atoms with Crippen LogP contribution in [0.5, 0.6) is 0 Å². The third kappa shape index (κ3) is 2.06. The van der Waals surface area contributed by atoms with Crippen molar-refractivity contribution in [2.45, 2.75) is 12.5 Å². The second-order valence-corrected chi connectivity index (χ2v) is 2.41. The molecule has 3 heteroatoms. The molecule has 3 N–H and O–H groups in total. The number of hydrazine groups is 1. The molecule has 0 aromatic carbocycles. The Labute approximate surface area is 72.0 Å². The number of nitrogens with zero attached hydrogens (tertiary/aromatic N) is 1. The van der Waals surface area contributed by atoms with E-state index in [1.54, 1.807) is 12.4 Å². The van der Waals surface area contributed by atoms with Gasteiger partial charge in [0.15, 0.2) is 0 Å². The number of hydrogen-bond donors (Lipinski definition) is 2. The number of nitrogens with one attached hydrogen (secondary N) is 1. The van der Waals surface area contributed by atoms with Crippen LogP contribution in [-0.4, -0.2) is 4.98 Å². The highest BCUT2D eigenvalue weighted by atomic mass is 15.2. The third-order valence-electron chi connectivity index (χ3n) is 1.63. The minimum absolute atomic E-state index is 0.0259. The van der Waals surface area contributed by atoms with Crippen LogP contribution >= 0.6 is 0 Å². The molecule has 12 heavy (non-hydrogen) atoms. The Morgan fingerprint density at radius 1 is 1.58 bits per heavy atom. The standard InChI is InChI=1S/C9H11N3/c1-2-3-9(12-10)8-4-6-11-7-5-8/h1,4-7,9,12H,3,10H2. The van der Waals surface area contributed by atoms with Gasteiger partial charge in [0.25, 0.3) is 0 Å². The van der Waals surface area contributed by atoms with E-state index < -0.39 is 0 Å². The molecule has 0 saturated heterocycles. The number of pyridine rings is 1. The molecule has 1 heterocycles. The highest BCUT2D eigenvalue weighted by Gasteiger charge is 2.05. The van der Waals surface area contributed by atoms with Gasteiger partial charge in [0.05, 0.1) is 6.04 Å². The SMILES string of the molecule is C#CCC(NN)c1ccncc1. The van der Waals surface area contributed by atoms with Gasteiger partial charge in [0, 0.05) is 18.8 Å². The lowest BCUT2D eigenvalue weighted by Crippen LogP contribution is -2.27. The summed E-state index contributed by atoms with van der Waals surface area (Å²) in [6.07, 6.45) is 9.20. The van der Waals surface area contributed by atoms with E-state index in [1.807, 2.05) is 12.1 Å². The number of terminal acetylenes is 1. The molecule has 0 aliphatic rings. The Hall–Kier alpha value is -1.37. The molecule has 0 bridgehead atoms. The van der Waals surface area contributed by atoms with Gasteiger partial charge in [-0.3, -0.25) is 16.3 Å². The first-order chi connectivity index (χ1) is 5.88. The Morgan fingerprint density at radius 3 is 2.75 bits per heavy atom. The first-order valence-corrected chi connectivity index (χ1v) is 3.68. The normalized spacial score (nSPS) is 12.0. The summed E-state index contributed by atoms with van der Waals surface area (Å²) < 4.78 is 0. The maximum absolute atomic E-state index is 5.32. The van der Waals surface area contributed by atoms with Crippen molar-refractivity contribution in [2.75, 3.05) is 0 Å². The van der Waals surface area contributed by atoms with Gasteiger partial charge in [-0.2, -0.15) is 0 Å². The number of rotatable bonds is 3. The van der Waals surface area contributed by atoms with Crippen LogP contribution in [0.15, 0.2) is 24.5 Å². The van der Waals surface area contributed by atoms with Gasteiger partial charge >= 0.3 is 0 Å². The molecule has 0 aliphatic heterocycles. The predicted octanol–water partition coefficient (Wildman–Crippen LogP) is 0.609. The van der Waals surface area contributed by atoms with Crippen LogP contribution in [-0.2, 0) is 0 Å². The summed E-state index contributed by atoms with van der Waals surface area (Å²) in [5, 5.41) is 0. The first kappa shape index (κ1) is 8.72. The lowest BCUT2D eigenvalue weighted by molar-refractivity contribution is 0.567. The quantitative estimate of drug-likeness (QED) is 0.388. The van der Waals surface area contributed by atoms with Crippen LogP contribution in [0.3, 0.4) is 0 Å². The Morgan fingerprint density at radius 2 is 2.25 bits per heavy atom. The van der Waals surface area contributed by atoms with Gasteiger partial charge in [-0.15, -0.1) is 12.3 Å². The van der Waals surface area contributed by atoms with Gasteiger partial charge < -0.3 is 0 Å². The molecule has 1 rings (SSSR count). The summed E-state index contributed by atoms with van der Waals surface area (Å²) >= 11 is 0. The summed E-state index contributed by atoms with van der Waals surface area (Å²) in [5.74, 6) is 7.88. The molecule has 0 radical (unpaired) electrons. The maximum Gasteiger partial charge on any atom is 0.0570 e. The van der Waals surface area contributed by atoms with Gasteiger partial charge in [-0.1, -0.05) is 0 Å². The average Bonchev–Trinajstić information content (AvgIpc) is 2.15. The molecule has 62 valence electrons. The van der Waals surface area contributed by atoms with Gasteiger partial charge in [-0.05, 0) is 17.7 Å². The second-order valence-electron chi connectivity index (χ2n) is 2.41. The molecule has 0 amide bonds. The summed E-state index contributed by atoms with van der Waals surface area (Å²) in [6.45, 7) is 0. The van der Waals surface area contributed by atoms with Crippen molar-refractivity contribution < 1.29 is 0 Å². The minimum Gasteiger partial charge on any atom is -0.271 e. The zero-order valence-electron chi connectivity index (χ0n) is 6.70. The molecule has 1 aromatic rings. The van der Waals surface area contributed by atoms with Crippen LogP contribution in [0.25, 0.3) is 0 Å². The van der Waals surface area contributed by atoms with Crippen LogP contribution in [0.4, 0.5) is 0 Å². The molecular weight excluding hydrogens is 150 g/mol. The molecule has 3 nitrogen and oxygen atoms in total. The van der Waals surface area contributed by atoms with E-state index in [0.717, 1.165) is 5.56 Å². The van der Waals surface area contributed by atoms with E-state index in [4.69, 9.17) is 12.3 Å². The van der Waals surface area contributed by atoms with Gasteiger partial charge in [0.1, 0.15) is 0 Å². The minimum atomic E-state index is 0.0259. The Bertz CT molecular complexity index is 263. The van der Waals surface area contributed by atoms with E-state index in [2.05, 4.69) is 16.3 Å². The third-order valence-corrected chi connectivity index (χ3v) is 1.63. The maximum atomic E-state index is 5.32. The van der Waals surface area contributed by atoms with E-state index >= 15 is 0 Å². The van der Waals surface area contributed by atoms with Gasteiger partial charge in [-0.25, -0.2) is 0 Å². The molecule has 0 spiro atoms. The molecule has 1 atom stereocenters. The van der Waals surface area contributed by atoms with Crippen molar-refractivity contribution in [3.8, 4) is 12.3 Å². The molecule has 0 aliphatic carbocycles. The Kier molecular flexibility index (Phi) is 3.27. The molecule has 1 unspecified atom stereocenters. The van der Waals surface area contributed by atoms with Crippen molar-refractivity contribution >= 4 is 0 Å². The summed E-state index contributed by atoms with van der Waals surface area (Å²) in [5.41, 5.74) is 3.71. The van der Waals surface area contributed by atoms with Crippen molar-refractivity contribution in [2.24, 2.45) is 5.84 Å². The molecule has 1 aromatic heterocycles. The van der Waals surface area contributed by atoms with Crippen LogP contribution < -0.4 is 11.3 Å². The fourth-order valence-corrected chi connectivity index (χ4v) is 0.987. The monoisotopic (exact) mass is 161 g/mol. The lowest BCUT2D eigenvalue weighted by atomic mass is 10.1. The number of nitrogens with two attached hydrogens (primary N) is 1. The summed E-state index contributed by atoms with van der Waals surface area (Å²) in [4.78, 5) is 3.90. The number of aromatic nitrogens is 1. The van der Waals surface area contributed by atoms with Crippen molar-refractivity contribution in [1.82, 2.24) is 10.4 Å². The fraction of sp³-hybridized carbons (Fsp3) is 0.222. The van der Waals surface area contributed by atoms with Crippen LogP contribution in [0.2, 0.25) is 0 Å². The lowest BCUT2D eigenvalue weighted by Gasteiger charge is -2.11. The average molecular weight is 161 g/mol.